The van der Waals surface area contributed by atoms with Gasteiger partial charge in [-0.3, -0.25) is 0 Å². The summed E-state index contributed by atoms with van der Waals surface area (Å²) >= 11 is 0. The third-order valence-electron chi connectivity index (χ3n) is 3.71. The van der Waals surface area contributed by atoms with Crippen molar-refractivity contribution < 1.29 is 14.3 Å². The topological polar surface area (TPSA) is 35.5 Å². The zero-order valence-electron chi connectivity index (χ0n) is 13.4. The number of benzene rings is 3. The van der Waals surface area contributed by atoms with Gasteiger partial charge in [-0.05, 0) is 46.2 Å². The summed E-state index contributed by atoms with van der Waals surface area (Å²) in [4.78, 5) is 11.8. The van der Waals surface area contributed by atoms with Gasteiger partial charge in [-0.2, -0.15) is 0 Å². The third kappa shape index (κ3) is 4.02. The van der Waals surface area contributed by atoms with Crippen LogP contribution in [0.5, 0.6) is 5.75 Å². The lowest BCUT2D eigenvalue weighted by atomic mass is 10.1. The van der Waals surface area contributed by atoms with Crippen LogP contribution in [0.1, 0.15) is 11.1 Å². The monoisotopic (exact) mass is 318 g/mol. The predicted molar refractivity (Wildman–Crippen MR) is 95.8 cm³/mol. The van der Waals surface area contributed by atoms with E-state index in [1.165, 1.54) is 6.08 Å². The number of carbonyl (C=O) groups is 1. The molecule has 3 rings (SSSR count). The number of fused-ring (bicyclic) bond motifs is 1. The summed E-state index contributed by atoms with van der Waals surface area (Å²) in [7, 11) is 1.65. The van der Waals surface area contributed by atoms with Crippen molar-refractivity contribution >= 4 is 22.8 Å². The Labute approximate surface area is 141 Å². The second kappa shape index (κ2) is 7.47. The Morgan fingerprint density at radius 2 is 1.71 bits per heavy atom. The van der Waals surface area contributed by atoms with E-state index in [4.69, 9.17) is 9.47 Å². The Hall–Kier alpha value is -3.07. The Bertz CT molecular complexity index is 867. The van der Waals surface area contributed by atoms with Crippen LogP contribution in [0.2, 0.25) is 0 Å². The van der Waals surface area contributed by atoms with E-state index in [0.29, 0.717) is 0 Å². The predicted octanol–water partition coefficient (Wildman–Crippen LogP) is 4.61. The first kappa shape index (κ1) is 15.8. The molecule has 0 amide bonds. The summed E-state index contributed by atoms with van der Waals surface area (Å²) < 4.78 is 10.4. The minimum absolute atomic E-state index is 0.279. The Morgan fingerprint density at radius 3 is 2.50 bits per heavy atom. The first-order valence-electron chi connectivity index (χ1n) is 7.71. The lowest BCUT2D eigenvalue weighted by Crippen LogP contribution is -2.00. The maximum atomic E-state index is 11.8. The molecule has 24 heavy (non-hydrogen) atoms. The molecule has 0 aliphatic rings. The van der Waals surface area contributed by atoms with Crippen molar-refractivity contribution in [3.63, 3.8) is 0 Å². The largest absolute Gasteiger partial charge is 0.497 e. The van der Waals surface area contributed by atoms with Gasteiger partial charge in [0, 0.05) is 6.08 Å². The van der Waals surface area contributed by atoms with Crippen LogP contribution in [0.4, 0.5) is 0 Å². The van der Waals surface area contributed by atoms with Crippen molar-refractivity contribution in [1.29, 1.82) is 0 Å². The van der Waals surface area contributed by atoms with E-state index < -0.39 is 0 Å². The summed E-state index contributed by atoms with van der Waals surface area (Å²) in [6, 6.07) is 21.5. The third-order valence-corrected chi connectivity index (χ3v) is 3.71. The molecule has 3 nitrogen and oxygen atoms in total. The molecule has 0 saturated carbocycles. The van der Waals surface area contributed by atoms with Crippen molar-refractivity contribution in [3.8, 4) is 5.75 Å². The van der Waals surface area contributed by atoms with Gasteiger partial charge < -0.3 is 9.47 Å². The van der Waals surface area contributed by atoms with Crippen LogP contribution in [0.15, 0.2) is 72.8 Å². The van der Waals surface area contributed by atoms with Gasteiger partial charge >= 0.3 is 5.97 Å². The highest BCUT2D eigenvalue weighted by Crippen LogP contribution is 2.22. The van der Waals surface area contributed by atoms with Gasteiger partial charge in [0.1, 0.15) is 12.4 Å². The first-order valence-corrected chi connectivity index (χ1v) is 7.71. The van der Waals surface area contributed by atoms with Crippen LogP contribution in [-0.2, 0) is 16.1 Å². The molecule has 0 unspecified atom stereocenters. The highest BCUT2D eigenvalue weighted by Gasteiger charge is 2.00. The number of hydrogen-bond donors (Lipinski definition) is 0. The Balaban J connectivity index is 1.65. The molecule has 0 heterocycles. The standard InChI is InChI=1S/C21H18O3/c1-23-20-11-10-18-13-16(7-9-19(18)14-20)8-12-21(22)24-15-17-5-3-2-4-6-17/h2-14H,15H2,1H3/b12-8+. The van der Waals surface area contributed by atoms with Crippen LogP contribution >= 0.6 is 0 Å². The normalized spacial score (nSPS) is 10.9. The Morgan fingerprint density at radius 1 is 0.958 bits per heavy atom. The van der Waals surface area contributed by atoms with Gasteiger partial charge in [0.2, 0.25) is 0 Å². The molecule has 3 aromatic rings. The molecule has 3 heteroatoms. The summed E-state index contributed by atoms with van der Waals surface area (Å²) in [6.07, 6.45) is 3.21. The van der Waals surface area contributed by atoms with E-state index in [1.54, 1.807) is 13.2 Å². The lowest BCUT2D eigenvalue weighted by molar-refractivity contribution is -0.138. The molecule has 0 fully saturated rings. The van der Waals surface area contributed by atoms with Crippen LogP contribution in [-0.4, -0.2) is 13.1 Å². The van der Waals surface area contributed by atoms with Gasteiger partial charge in [-0.1, -0.05) is 48.5 Å². The van der Waals surface area contributed by atoms with Crippen molar-refractivity contribution in [2.45, 2.75) is 6.61 Å². The summed E-state index contributed by atoms with van der Waals surface area (Å²) in [5.41, 5.74) is 1.92. The van der Waals surface area contributed by atoms with Gasteiger partial charge in [0.15, 0.2) is 0 Å². The number of rotatable bonds is 5. The van der Waals surface area contributed by atoms with E-state index in [1.807, 2.05) is 66.7 Å². The Kier molecular flexibility index (Phi) is 4.92. The molecule has 0 spiro atoms. The van der Waals surface area contributed by atoms with E-state index >= 15 is 0 Å². The lowest BCUT2D eigenvalue weighted by Gasteiger charge is -2.04. The van der Waals surface area contributed by atoms with Crippen LogP contribution in [0.3, 0.4) is 0 Å². The number of methoxy groups -OCH3 is 1. The van der Waals surface area contributed by atoms with E-state index in [0.717, 1.165) is 27.6 Å². The number of hydrogen-bond acceptors (Lipinski definition) is 3. The molecule has 0 radical (unpaired) electrons. The number of esters is 1. The minimum atomic E-state index is -0.353. The van der Waals surface area contributed by atoms with Crippen LogP contribution in [0, 0.1) is 0 Å². The van der Waals surface area contributed by atoms with Gasteiger partial charge in [0.05, 0.1) is 7.11 Å². The van der Waals surface area contributed by atoms with E-state index in [9.17, 15) is 4.79 Å². The molecule has 0 aromatic heterocycles. The average Bonchev–Trinajstić information content (AvgIpc) is 2.65. The SMILES string of the molecule is COc1ccc2cc(/C=C/C(=O)OCc3ccccc3)ccc2c1. The molecule has 0 aliphatic heterocycles. The molecule has 0 aliphatic carbocycles. The van der Waals surface area contributed by atoms with Crippen LogP contribution < -0.4 is 4.74 Å². The first-order chi connectivity index (χ1) is 11.7. The smallest absolute Gasteiger partial charge is 0.331 e. The van der Waals surface area contributed by atoms with Gasteiger partial charge in [-0.15, -0.1) is 0 Å². The molecule has 0 atom stereocenters. The molecule has 0 saturated heterocycles. The quantitative estimate of drug-likeness (QED) is 0.509. The van der Waals surface area contributed by atoms with Crippen molar-refractivity contribution in [3.05, 3.63) is 83.9 Å². The highest BCUT2D eigenvalue weighted by atomic mass is 16.5. The zero-order valence-corrected chi connectivity index (χ0v) is 13.4. The second-order valence-corrected chi connectivity index (χ2v) is 5.40. The maximum Gasteiger partial charge on any atom is 0.331 e. The van der Waals surface area contributed by atoms with E-state index in [2.05, 4.69) is 0 Å². The van der Waals surface area contributed by atoms with E-state index in [-0.39, 0.29) is 12.6 Å². The fourth-order valence-corrected chi connectivity index (χ4v) is 2.41. The second-order valence-electron chi connectivity index (χ2n) is 5.40. The summed E-state index contributed by atoms with van der Waals surface area (Å²) in [5, 5.41) is 2.19. The summed E-state index contributed by atoms with van der Waals surface area (Å²) in [5.74, 6) is 0.476. The highest BCUT2D eigenvalue weighted by molar-refractivity contribution is 5.90. The fourth-order valence-electron chi connectivity index (χ4n) is 2.41. The molecule has 0 bridgehead atoms. The van der Waals surface area contributed by atoms with Gasteiger partial charge in [0.25, 0.3) is 0 Å². The van der Waals surface area contributed by atoms with Crippen molar-refractivity contribution in [2.75, 3.05) is 7.11 Å². The number of carbonyl (C=O) groups excluding carboxylic acids is 1. The maximum absolute atomic E-state index is 11.8. The molecule has 0 N–H and O–H groups in total. The van der Waals surface area contributed by atoms with Crippen LogP contribution in [0.25, 0.3) is 16.8 Å². The van der Waals surface area contributed by atoms with Crippen molar-refractivity contribution in [1.82, 2.24) is 0 Å². The zero-order chi connectivity index (χ0) is 16.8. The fraction of sp³-hybridized carbons (Fsp3) is 0.0952. The van der Waals surface area contributed by atoms with Gasteiger partial charge in [-0.25, -0.2) is 4.79 Å². The molecule has 120 valence electrons. The molecular formula is C21H18O3. The average molecular weight is 318 g/mol. The summed E-state index contributed by atoms with van der Waals surface area (Å²) in [6.45, 7) is 0.279. The molecular weight excluding hydrogens is 300 g/mol. The van der Waals surface area contributed by atoms with Crippen molar-refractivity contribution in [2.24, 2.45) is 0 Å². The number of ether oxygens (including phenoxy) is 2. The minimum Gasteiger partial charge on any atom is -0.497 e. The molecule has 3 aromatic carbocycles.